The van der Waals surface area contributed by atoms with Gasteiger partial charge in [-0.2, -0.15) is 8.42 Å². The van der Waals surface area contributed by atoms with Crippen molar-refractivity contribution in [2.45, 2.75) is 141 Å². The summed E-state index contributed by atoms with van der Waals surface area (Å²) in [5, 5.41) is 13.0. The van der Waals surface area contributed by atoms with Crippen LogP contribution in [0.4, 0.5) is 0 Å². The summed E-state index contributed by atoms with van der Waals surface area (Å²) in [7, 11) is -3.97. The molecule has 0 bridgehead atoms. The molecule has 6 saturated carbocycles. The van der Waals surface area contributed by atoms with Crippen LogP contribution in [0, 0.1) is 56.7 Å². The second kappa shape index (κ2) is 12.6. The van der Waals surface area contributed by atoms with Gasteiger partial charge in [-0.3, -0.25) is 8.98 Å². The number of morpholine rings is 1. The molecule has 6 aliphatic carbocycles. The number of aliphatic hydroxyl groups excluding tert-OH is 1. The number of carbonyl (C=O) groups excluding carboxylic acids is 1. The van der Waals surface area contributed by atoms with Crippen LogP contribution in [0.2, 0.25) is 5.02 Å². The van der Waals surface area contributed by atoms with Crippen molar-refractivity contribution in [2.75, 3.05) is 26.3 Å². The number of hydrogen-bond donors (Lipinski definition) is 1. The zero-order valence-electron chi connectivity index (χ0n) is 32.2. The maximum atomic E-state index is 13.0. The molecule has 13 atom stereocenters. The molecule has 2 saturated heterocycles. The maximum Gasteiger partial charge on any atom is 0.297 e. The van der Waals surface area contributed by atoms with Crippen molar-refractivity contribution < 1.29 is 36.7 Å². The predicted octanol–water partition coefficient (Wildman–Crippen LogP) is 7.23. The van der Waals surface area contributed by atoms with Gasteiger partial charge in [0.1, 0.15) is 0 Å². The number of rotatable bonds is 8. The first kappa shape index (κ1) is 37.3. The summed E-state index contributed by atoms with van der Waals surface area (Å²) in [6, 6.07) is 6.01. The van der Waals surface area contributed by atoms with Gasteiger partial charge in [0, 0.05) is 23.4 Å². The van der Waals surface area contributed by atoms with Crippen LogP contribution in [0.3, 0.4) is 0 Å². The van der Waals surface area contributed by atoms with Crippen LogP contribution in [-0.2, 0) is 33.3 Å². The van der Waals surface area contributed by atoms with Gasteiger partial charge < -0.3 is 24.2 Å². The quantitative estimate of drug-likeness (QED) is 0.276. The molecule has 0 radical (unpaired) electrons. The molecule has 8 aliphatic rings. The lowest BCUT2D eigenvalue weighted by atomic mass is 9.41. The minimum absolute atomic E-state index is 0.0303. The van der Waals surface area contributed by atoms with Crippen molar-refractivity contribution in [2.24, 2.45) is 56.7 Å². The largest absolute Gasteiger partial charge is 0.390 e. The van der Waals surface area contributed by atoms with Crippen molar-refractivity contribution >= 4 is 27.6 Å². The predicted molar refractivity (Wildman–Crippen MR) is 199 cm³/mol. The fourth-order valence-corrected chi connectivity index (χ4v) is 15.4. The number of halogens is 1. The molecule has 0 aromatic heterocycles. The molecule has 9 nitrogen and oxygen atoms in total. The fraction of sp³-hybridized carbons (Fsp3) is 0.833. The topological polar surface area (TPSA) is 112 Å². The van der Waals surface area contributed by atoms with E-state index >= 15 is 0 Å². The van der Waals surface area contributed by atoms with Gasteiger partial charge in [0.05, 0.1) is 49.1 Å². The highest BCUT2D eigenvalue weighted by Gasteiger charge is 2.84. The van der Waals surface area contributed by atoms with E-state index in [0.717, 1.165) is 32.1 Å². The SMILES string of the molecule is C[C@@H]1CC(COS(=O)(=O)c2ccc(Cl)cc2)OC2[C@H]1C1(C)CCC34CC35CCC(O[C@H]3CN(C(=O)CC6CC6)CCO3)C(C)(C)[C@@H]5CCC4[C@]1(C)[C@H]2O. The summed E-state index contributed by atoms with van der Waals surface area (Å²) < 4.78 is 51.3. The monoisotopic (exact) mass is 773 g/mol. The lowest BCUT2D eigenvalue weighted by molar-refractivity contribution is -0.248. The highest BCUT2D eigenvalue weighted by Crippen LogP contribution is 2.89. The van der Waals surface area contributed by atoms with Crippen molar-refractivity contribution in [1.82, 2.24) is 4.90 Å². The zero-order chi connectivity index (χ0) is 37.3. The maximum absolute atomic E-state index is 13.0. The number of fused-ring (bicyclic) bond motifs is 4. The Kier molecular flexibility index (Phi) is 8.88. The zero-order valence-corrected chi connectivity index (χ0v) is 33.8. The highest BCUT2D eigenvalue weighted by molar-refractivity contribution is 7.86. The van der Waals surface area contributed by atoms with Crippen molar-refractivity contribution in [1.29, 1.82) is 0 Å². The fourth-order valence-electron chi connectivity index (χ4n) is 14.4. The number of hydrogen-bond acceptors (Lipinski definition) is 8. The standard InChI is InChI=1S/C42H60ClNO8S/c1-25-20-28(23-50-53(47,48)29-10-8-27(43)9-11-29)51-36-35(25)39(4)16-17-42-24-41(42)15-14-32(38(2,3)30(41)12-13-31(42)40(39,5)37(36)46)52-34-22-44(18-19-49-34)33(45)21-26-6-7-26/h8-11,25-26,28,30-32,34-37,46H,6-7,12-24H2,1-5H3/t25-,28?,30+,31?,32?,34+,35+,36?,37+,39?,40-,41?,42?/m1/s1. The Morgan fingerprint density at radius 1 is 1.00 bits per heavy atom. The Bertz CT molecular complexity index is 1720. The molecule has 2 heterocycles. The molecule has 2 aliphatic heterocycles. The molecular weight excluding hydrogens is 714 g/mol. The average molecular weight is 774 g/mol. The molecule has 1 aromatic rings. The highest BCUT2D eigenvalue weighted by atomic mass is 35.5. The minimum Gasteiger partial charge on any atom is -0.390 e. The third-order valence-electron chi connectivity index (χ3n) is 17.2. The van der Waals surface area contributed by atoms with E-state index in [1.165, 1.54) is 37.8 Å². The molecule has 1 amide bonds. The van der Waals surface area contributed by atoms with E-state index in [0.29, 0.717) is 55.3 Å². The molecule has 11 heteroatoms. The number of benzene rings is 1. The summed E-state index contributed by atoms with van der Waals surface area (Å²) in [6.45, 7) is 13.6. The van der Waals surface area contributed by atoms with Crippen LogP contribution >= 0.6 is 11.6 Å². The average Bonchev–Trinajstić information content (AvgIpc) is 4.04. The van der Waals surface area contributed by atoms with E-state index in [4.69, 9.17) is 30.0 Å². The third-order valence-corrected chi connectivity index (χ3v) is 18.7. The third kappa shape index (κ3) is 5.52. The molecule has 1 aromatic carbocycles. The van der Waals surface area contributed by atoms with Gasteiger partial charge in [0.15, 0.2) is 6.29 Å². The second-order valence-electron chi connectivity index (χ2n) is 19.7. The number of nitrogens with zero attached hydrogens (tertiary/aromatic N) is 1. The Morgan fingerprint density at radius 2 is 1.72 bits per heavy atom. The molecular formula is C42H60ClNO8S. The summed E-state index contributed by atoms with van der Waals surface area (Å²) in [4.78, 5) is 15.0. The van der Waals surface area contributed by atoms with Gasteiger partial charge in [0.2, 0.25) is 5.91 Å². The van der Waals surface area contributed by atoms with Gasteiger partial charge in [-0.1, -0.05) is 46.2 Å². The van der Waals surface area contributed by atoms with Crippen LogP contribution in [-0.4, -0.2) is 81.3 Å². The molecule has 8 fully saturated rings. The lowest BCUT2D eigenvalue weighted by Crippen LogP contribution is -2.60. The van der Waals surface area contributed by atoms with Crippen LogP contribution in [0.15, 0.2) is 29.2 Å². The molecule has 9 rings (SSSR count). The van der Waals surface area contributed by atoms with Crippen molar-refractivity contribution in [3.05, 3.63) is 29.3 Å². The Morgan fingerprint density at radius 3 is 2.45 bits per heavy atom. The van der Waals surface area contributed by atoms with Crippen molar-refractivity contribution in [3.8, 4) is 0 Å². The van der Waals surface area contributed by atoms with Crippen LogP contribution in [0.1, 0.15) is 105 Å². The van der Waals surface area contributed by atoms with E-state index in [9.17, 15) is 18.3 Å². The number of carbonyl (C=O) groups is 1. The van der Waals surface area contributed by atoms with E-state index in [2.05, 4.69) is 34.6 Å². The van der Waals surface area contributed by atoms with Gasteiger partial charge in [-0.05, 0) is 140 Å². The van der Waals surface area contributed by atoms with E-state index < -0.39 is 22.3 Å². The van der Waals surface area contributed by atoms with Gasteiger partial charge >= 0.3 is 0 Å². The van der Waals surface area contributed by atoms with E-state index in [-0.39, 0.29) is 74.8 Å². The van der Waals surface area contributed by atoms with Crippen LogP contribution in [0.25, 0.3) is 0 Å². The normalized spacial score (nSPS) is 47.1. The molecule has 294 valence electrons. The summed E-state index contributed by atoms with van der Waals surface area (Å²) in [5.41, 5.74) is 0.0549. The summed E-state index contributed by atoms with van der Waals surface area (Å²) in [6.07, 6.45) is 9.90. The first-order valence-electron chi connectivity index (χ1n) is 20.6. The minimum atomic E-state index is -3.97. The smallest absolute Gasteiger partial charge is 0.297 e. The molecule has 53 heavy (non-hydrogen) atoms. The summed E-state index contributed by atoms with van der Waals surface area (Å²) >= 11 is 5.98. The Balaban J connectivity index is 0.898. The number of ether oxygens (including phenoxy) is 3. The van der Waals surface area contributed by atoms with Gasteiger partial charge in [0.25, 0.3) is 10.1 Å². The lowest BCUT2D eigenvalue weighted by Gasteiger charge is -2.64. The van der Waals surface area contributed by atoms with Crippen LogP contribution in [0.5, 0.6) is 0 Å². The van der Waals surface area contributed by atoms with Gasteiger partial charge in [-0.25, -0.2) is 0 Å². The molecule has 7 unspecified atom stereocenters. The molecule has 1 N–H and O–H groups in total. The van der Waals surface area contributed by atoms with Crippen LogP contribution < -0.4 is 0 Å². The van der Waals surface area contributed by atoms with Crippen molar-refractivity contribution in [3.63, 3.8) is 0 Å². The Labute approximate surface area is 321 Å². The molecule has 2 spiro atoms. The first-order chi connectivity index (χ1) is 25.1. The number of aliphatic hydroxyl groups is 1. The van der Waals surface area contributed by atoms with E-state index in [1.807, 2.05) is 4.90 Å². The van der Waals surface area contributed by atoms with E-state index in [1.54, 1.807) is 12.1 Å². The Hall–Kier alpha value is -1.27. The second-order valence-corrected chi connectivity index (χ2v) is 21.8. The summed E-state index contributed by atoms with van der Waals surface area (Å²) in [5.74, 6) is 2.23. The van der Waals surface area contributed by atoms with Gasteiger partial charge in [-0.15, -0.1) is 0 Å². The first-order valence-corrected chi connectivity index (χ1v) is 22.4. The number of amides is 1.